The van der Waals surface area contributed by atoms with Crippen molar-refractivity contribution >= 4 is 5.91 Å². The molecule has 1 amide bonds. The molecule has 0 saturated carbocycles. The van der Waals surface area contributed by atoms with E-state index in [-0.39, 0.29) is 12.2 Å². The zero-order valence-electron chi connectivity index (χ0n) is 12.0. The van der Waals surface area contributed by atoms with Crippen LogP contribution in [0.1, 0.15) is 27.9 Å². The summed E-state index contributed by atoms with van der Waals surface area (Å²) in [5.41, 5.74) is -0.282. The van der Waals surface area contributed by atoms with Gasteiger partial charge in [-0.2, -0.15) is 0 Å². The maximum Gasteiger partial charge on any atom is 0.257 e. The first-order chi connectivity index (χ1) is 10.6. The summed E-state index contributed by atoms with van der Waals surface area (Å²) in [4.78, 5) is 14.0. The van der Waals surface area contributed by atoms with Crippen LogP contribution in [0.4, 0.5) is 8.78 Å². The van der Waals surface area contributed by atoms with E-state index in [1.165, 1.54) is 17.0 Å². The van der Waals surface area contributed by atoms with Gasteiger partial charge in [0.05, 0.1) is 18.8 Å². The maximum atomic E-state index is 13.9. The van der Waals surface area contributed by atoms with Crippen molar-refractivity contribution in [2.75, 3.05) is 19.8 Å². The average Bonchev–Trinajstić information content (AvgIpc) is 2.96. The lowest BCUT2D eigenvalue weighted by molar-refractivity contribution is -0.00921. The largest absolute Gasteiger partial charge is 0.464 e. The number of benzene rings is 1. The predicted molar refractivity (Wildman–Crippen MR) is 74.4 cm³/mol. The first kappa shape index (κ1) is 14.7. The van der Waals surface area contributed by atoms with E-state index in [1.54, 1.807) is 19.1 Å². The molecule has 0 aliphatic carbocycles. The molecule has 1 aliphatic rings. The number of carbonyl (C=O) groups excluding carboxylic acids is 1. The van der Waals surface area contributed by atoms with E-state index in [1.807, 2.05) is 0 Å². The third kappa shape index (κ3) is 2.62. The van der Waals surface area contributed by atoms with Crippen LogP contribution in [0.5, 0.6) is 0 Å². The molecule has 1 aliphatic heterocycles. The van der Waals surface area contributed by atoms with E-state index >= 15 is 0 Å². The highest BCUT2D eigenvalue weighted by Crippen LogP contribution is 2.28. The third-order valence-electron chi connectivity index (χ3n) is 3.66. The van der Waals surface area contributed by atoms with Gasteiger partial charge in [0, 0.05) is 6.54 Å². The zero-order valence-corrected chi connectivity index (χ0v) is 12.0. The topological polar surface area (TPSA) is 42.7 Å². The molecule has 4 nitrogen and oxygen atoms in total. The van der Waals surface area contributed by atoms with Crippen molar-refractivity contribution in [3.05, 3.63) is 59.1 Å². The highest BCUT2D eigenvalue weighted by atomic mass is 19.2. The first-order valence-corrected chi connectivity index (χ1v) is 6.97. The van der Waals surface area contributed by atoms with E-state index in [4.69, 9.17) is 9.15 Å². The lowest BCUT2D eigenvalue weighted by atomic mass is 10.1. The van der Waals surface area contributed by atoms with Crippen LogP contribution in [0.25, 0.3) is 0 Å². The number of hydrogen-bond donors (Lipinski definition) is 0. The predicted octanol–water partition coefficient (Wildman–Crippen LogP) is 3.08. The van der Waals surface area contributed by atoms with Crippen LogP contribution in [0.3, 0.4) is 0 Å². The van der Waals surface area contributed by atoms with Gasteiger partial charge in [-0.3, -0.25) is 4.79 Å². The number of aryl methyl sites for hydroxylation is 1. The van der Waals surface area contributed by atoms with Crippen LogP contribution < -0.4 is 0 Å². The molecule has 1 atom stereocenters. The number of halogens is 2. The maximum absolute atomic E-state index is 13.9. The first-order valence-electron chi connectivity index (χ1n) is 6.97. The molecular formula is C16H15F2NO3. The Morgan fingerprint density at radius 1 is 1.27 bits per heavy atom. The van der Waals surface area contributed by atoms with E-state index in [0.717, 1.165) is 6.07 Å². The third-order valence-corrected chi connectivity index (χ3v) is 3.66. The second-order valence-corrected chi connectivity index (χ2v) is 5.14. The Hall–Kier alpha value is -2.21. The van der Waals surface area contributed by atoms with Gasteiger partial charge in [-0.05, 0) is 31.2 Å². The molecule has 1 aromatic heterocycles. The second kappa shape index (κ2) is 5.88. The summed E-state index contributed by atoms with van der Waals surface area (Å²) in [7, 11) is 0. The summed E-state index contributed by atoms with van der Waals surface area (Å²) in [5, 5.41) is 0. The minimum atomic E-state index is -1.13. The molecule has 1 aromatic carbocycles. The fraction of sp³-hybridized carbons (Fsp3) is 0.312. The second-order valence-electron chi connectivity index (χ2n) is 5.14. The van der Waals surface area contributed by atoms with Gasteiger partial charge in [0.1, 0.15) is 17.6 Å². The van der Waals surface area contributed by atoms with Gasteiger partial charge in [-0.15, -0.1) is 0 Å². The van der Waals surface area contributed by atoms with E-state index in [2.05, 4.69) is 0 Å². The smallest absolute Gasteiger partial charge is 0.257 e. The van der Waals surface area contributed by atoms with Crippen molar-refractivity contribution < 1.29 is 22.7 Å². The van der Waals surface area contributed by atoms with Crippen LogP contribution in [0.15, 0.2) is 34.7 Å². The molecule has 0 bridgehead atoms. The Morgan fingerprint density at radius 3 is 2.82 bits per heavy atom. The Morgan fingerprint density at radius 2 is 2.09 bits per heavy atom. The summed E-state index contributed by atoms with van der Waals surface area (Å²) >= 11 is 0. The van der Waals surface area contributed by atoms with Crippen LogP contribution in [-0.4, -0.2) is 30.6 Å². The standard InChI is InChI=1S/C16H15F2NO3/c1-10-5-6-14(22-10)13-9-21-8-7-19(13)16(20)11-3-2-4-12(17)15(11)18/h2-6,13H,7-9H2,1H3. The van der Waals surface area contributed by atoms with Gasteiger partial charge in [0.15, 0.2) is 11.6 Å². The van der Waals surface area contributed by atoms with Crippen molar-refractivity contribution in [1.29, 1.82) is 0 Å². The van der Waals surface area contributed by atoms with Crippen LogP contribution in [0.2, 0.25) is 0 Å². The van der Waals surface area contributed by atoms with Gasteiger partial charge in [-0.25, -0.2) is 8.78 Å². The Balaban J connectivity index is 1.93. The molecule has 1 unspecified atom stereocenters. The van der Waals surface area contributed by atoms with Gasteiger partial charge < -0.3 is 14.1 Å². The summed E-state index contributed by atoms with van der Waals surface area (Å²) < 4.78 is 38.2. The molecule has 3 rings (SSSR count). The number of morpholine rings is 1. The average molecular weight is 307 g/mol. The van der Waals surface area contributed by atoms with Crippen molar-refractivity contribution in [3.63, 3.8) is 0 Å². The number of rotatable bonds is 2. The van der Waals surface area contributed by atoms with E-state index in [0.29, 0.717) is 24.7 Å². The van der Waals surface area contributed by atoms with Crippen molar-refractivity contribution in [2.24, 2.45) is 0 Å². The Bertz CT molecular complexity index is 698. The van der Waals surface area contributed by atoms with Gasteiger partial charge in [0.2, 0.25) is 0 Å². The minimum absolute atomic E-state index is 0.260. The molecule has 0 spiro atoms. The molecule has 22 heavy (non-hydrogen) atoms. The van der Waals surface area contributed by atoms with Gasteiger partial charge in [0.25, 0.3) is 5.91 Å². The molecule has 1 fully saturated rings. The number of ether oxygens (including phenoxy) is 1. The van der Waals surface area contributed by atoms with Crippen molar-refractivity contribution in [1.82, 2.24) is 4.90 Å². The molecule has 6 heteroatoms. The summed E-state index contributed by atoms with van der Waals surface area (Å²) in [6, 6.07) is 6.68. The molecule has 0 radical (unpaired) electrons. The summed E-state index contributed by atoms with van der Waals surface area (Å²) in [6.07, 6.45) is 0. The molecule has 2 aromatic rings. The van der Waals surface area contributed by atoms with E-state index in [9.17, 15) is 13.6 Å². The van der Waals surface area contributed by atoms with Crippen molar-refractivity contribution in [2.45, 2.75) is 13.0 Å². The normalized spacial score (nSPS) is 18.5. The number of amides is 1. The lowest BCUT2D eigenvalue weighted by Crippen LogP contribution is -2.43. The molecule has 1 saturated heterocycles. The Labute approximate surface area is 126 Å². The summed E-state index contributed by atoms with van der Waals surface area (Å²) in [5.74, 6) is -1.45. The molecule has 2 heterocycles. The zero-order chi connectivity index (χ0) is 15.7. The minimum Gasteiger partial charge on any atom is -0.464 e. The monoisotopic (exact) mass is 307 g/mol. The SMILES string of the molecule is Cc1ccc(C2COCCN2C(=O)c2cccc(F)c2F)o1. The Kier molecular flexibility index (Phi) is 3.94. The van der Waals surface area contributed by atoms with Crippen LogP contribution in [-0.2, 0) is 4.74 Å². The van der Waals surface area contributed by atoms with Crippen LogP contribution in [0, 0.1) is 18.6 Å². The fourth-order valence-corrected chi connectivity index (χ4v) is 2.54. The highest BCUT2D eigenvalue weighted by Gasteiger charge is 2.32. The molecular weight excluding hydrogens is 292 g/mol. The molecule has 0 N–H and O–H groups in total. The van der Waals surface area contributed by atoms with E-state index < -0.39 is 23.6 Å². The fourth-order valence-electron chi connectivity index (χ4n) is 2.54. The van der Waals surface area contributed by atoms with Gasteiger partial charge >= 0.3 is 0 Å². The highest BCUT2D eigenvalue weighted by molar-refractivity contribution is 5.94. The number of furan rings is 1. The summed E-state index contributed by atoms with van der Waals surface area (Å²) in [6.45, 7) is 2.69. The van der Waals surface area contributed by atoms with Crippen LogP contribution >= 0.6 is 0 Å². The lowest BCUT2D eigenvalue weighted by Gasteiger charge is -2.34. The van der Waals surface area contributed by atoms with Crippen molar-refractivity contribution in [3.8, 4) is 0 Å². The quantitative estimate of drug-likeness (QED) is 0.856. The molecule has 116 valence electrons. The van der Waals surface area contributed by atoms with Gasteiger partial charge in [-0.1, -0.05) is 6.07 Å². The number of nitrogens with zero attached hydrogens (tertiary/aromatic N) is 1. The number of hydrogen-bond acceptors (Lipinski definition) is 3. The number of carbonyl (C=O) groups is 1.